The summed E-state index contributed by atoms with van der Waals surface area (Å²) in [6.07, 6.45) is 1.87. The Balaban J connectivity index is 0.977. The van der Waals surface area contributed by atoms with E-state index in [1.165, 1.54) is 37.8 Å². The molecule has 6 heterocycles. The average molecular weight is 1120 g/mol. The standard InChI is InChI=1S/C80H50N8/c1-5-23-51(24-6-1)78-82-79(52-25-7-2-8-26-52)84-80(83-78)61-42-41-56(85-69-38-19-15-33-62(69)74-72(85)46-43-59-57-31-13-17-36-67(57)86(76(59)74)54-27-9-3-10-28-54)50-64(61)65-49-53(66-35-21-22-48-81-66)40-45-71(65)88-70-39-20-16-34-63(70)75-73(88)47-44-60-58-32-14-18-37-68(58)87(77(60)75)55-29-11-4-12-30-55/h1-50H. The second-order valence-electron chi connectivity index (χ2n) is 22.5. The van der Waals surface area contributed by atoms with Crippen LogP contribution < -0.4 is 0 Å². The van der Waals surface area contributed by atoms with Crippen molar-refractivity contribution in [2.45, 2.75) is 0 Å². The minimum absolute atomic E-state index is 0.552. The SMILES string of the molecule is c1ccc(-c2nc(-c3ccccc3)nc(-c3ccc(-n4c5ccccc5c5c4ccc4c6ccccc6n(-c6ccccc6)c45)cc3-c3cc(-c4ccccn4)ccc3-n3c4ccccc4c4c3ccc3c5ccccc5n(-c5ccccc5)c34)n2)cc1. The summed E-state index contributed by atoms with van der Waals surface area (Å²) in [6.45, 7) is 0. The largest absolute Gasteiger partial charge is 0.309 e. The summed E-state index contributed by atoms with van der Waals surface area (Å²) in [7, 11) is 0. The van der Waals surface area contributed by atoms with Crippen LogP contribution in [0.15, 0.2) is 303 Å². The lowest BCUT2D eigenvalue weighted by Gasteiger charge is -2.20. The van der Waals surface area contributed by atoms with E-state index in [4.69, 9.17) is 19.9 Å². The quantitative estimate of drug-likeness (QED) is 0.144. The molecule has 0 bridgehead atoms. The van der Waals surface area contributed by atoms with Gasteiger partial charge in [0, 0.05) is 94.2 Å². The molecule has 0 N–H and O–H groups in total. The van der Waals surface area contributed by atoms with Gasteiger partial charge in [-0.25, -0.2) is 15.0 Å². The van der Waals surface area contributed by atoms with Gasteiger partial charge in [0.05, 0.1) is 55.5 Å². The Hall–Kier alpha value is -12.0. The topological polar surface area (TPSA) is 71.3 Å². The van der Waals surface area contributed by atoms with E-state index in [1.807, 2.05) is 48.7 Å². The second-order valence-corrected chi connectivity index (χ2v) is 22.5. The predicted molar refractivity (Wildman–Crippen MR) is 362 cm³/mol. The molecule has 0 spiro atoms. The highest BCUT2D eigenvalue weighted by molar-refractivity contribution is 6.28. The van der Waals surface area contributed by atoms with Crippen LogP contribution in [-0.2, 0) is 0 Å². The lowest BCUT2D eigenvalue weighted by atomic mass is 9.93. The van der Waals surface area contributed by atoms with E-state index in [-0.39, 0.29) is 0 Å². The Kier molecular flexibility index (Phi) is 11.1. The first-order valence-electron chi connectivity index (χ1n) is 29.8. The second kappa shape index (κ2) is 19.8. The van der Waals surface area contributed by atoms with Crippen molar-refractivity contribution in [3.63, 3.8) is 0 Å². The fraction of sp³-hybridized carbons (Fsp3) is 0. The van der Waals surface area contributed by atoms with Crippen molar-refractivity contribution in [2.24, 2.45) is 0 Å². The Bertz CT molecular complexity index is 5730. The fourth-order valence-electron chi connectivity index (χ4n) is 13.9. The summed E-state index contributed by atoms with van der Waals surface area (Å²) in [4.78, 5) is 21.2. The van der Waals surface area contributed by atoms with Crippen LogP contribution in [0.4, 0.5) is 0 Å². The van der Waals surface area contributed by atoms with Crippen molar-refractivity contribution in [3.8, 4) is 79.3 Å². The van der Waals surface area contributed by atoms with Crippen molar-refractivity contribution < 1.29 is 0 Å². The first-order valence-corrected chi connectivity index (χ1v) is 29.8. The van der Waals surface area contributed by atoms with Crippen LogP contribution in [0.1, 0.15) is 0 Å². The van der Waals surface area contributed by atoms with Crippen LogP contribution in [0.5, 0.6) is 0 Å². The third-order valence-electron chi connectivity index (χ3n) is 17.7. The Labute approximate surface area is 505 Å². The molecule has 6 aromatic heterocycles. The number of pyridine rings is 1. The molecule has 0 aliphatic heterocycles. The number of fused-ring (bicyclic) bond motifs is 14. The first kappa shape index (κ1) is 49.4. The van der Waals surface area contributed by atoms with Gasteiger partial charge in [0.25, 0.3) is 0 Å². The van der Waals surface area contributed by atoms with Gasteiger partial charge in [-0.2, -0.15) is 0 Å². The minimum Gasteiger partial charge on any atom is -0.309 e. The van der Waals surface area contributed by atoms with Crippen LogP contribution in [0.3, 0.4) is 0 Å². The third kappa shape index (κ3) is 7.59. The number of nitrogens with zero attached hydrogens (tertiary/aromatic N) is 8. The average Bonchev–Trinajstić information content (AvgIpc) is 1.57. The number of hydrogen-bond acceptors (Lipinski definition) is 4. The molecule has 0 saturated carbocycles. The van der Waals surface area contributed by atoms with E-state index < -0.39 is 0 Å². The van der Waals surface area contributed by atoms with Crippen molar-refractivity contribution in [2.75, 3.05) is 0 Å². The summed E-state index contributed by atoms with van der Waals surface area (Å²) in [5.74, 6) is 1.72. The zero-order valence-electron chi connectivity index (χ0n) is 47.4. The molecule has 12 aromatic carbocycles. The monoisotopic (exact) mass is 1120 g/mol. The fourth-order valence-corrected chi connectivity index (χ4v) is 13.9. The molecule has 0 radical (unpaired) electrons. The summed E-state index contributed by atoms with van der Waals surface area (Å²) in [6, 6.07) is 106. The highest BCUT2D eigenvalue weighted by Gasteiger charge is 2.27. The van der Waals surface area contributed by atoms with Crippen LogP contribution in [0.2, 0.25) is 0 Å². The maximum atomic E-state index is 5.48. The number of aromatic nitrogens is 8. The van der Waals surface area contributed by atoms with Gasteiger partial charge < -0.3 is 18.3 Å². The molecule has 88 heavy (non-hydrogen) atoms. The molecule has 0 unspecified atom stereocenters. The van der Waals surface area contributed by atoms with E-state index in [1.54, 1.807) is 0 Å². The summed E-state index contributed by atoms with van der Waals surface area (Å²) in [5, 5.41) is 9.47. The van der Waals surface area contributed by atoms with Crippen LogP contribution >= 0.6 is 0 Å². The van der Waals surface area contributed by atoms with Crippen molar-refractivity contribution >= 4 is 87.2 Å². The minimum atomic E-state index is 0.552. The van der Waals surface area contributed by atoms with Gasteiger partial charge in [0.15, 0.2) is 17.5 Å². The van der Waals surface area contributed by atoms with Gasteiger partial charge in [0.2, 0.25) is 0 Å². The lowest BCUT2D eigenvalue weighted by Crippen LogP contribution is -2.04. The number of para-hydroxylation sites is 6. The van der Waals surface area contributed by atoms with Crippen molar-refractivity contribution in [3.05, 3.63) is 303 Å². The normalized spacial score (nSPS) is 11.9. The van der Waals surface area contributed by atoms with Crippen molar-refractivity contribution in [1.82, 2.24) is 38.2 Å². The molecule has 410 valence electrons. The number of benzene rings is 12. The van der Waals surface area contributed by atoms with Gasteiger partial charge in [0.1, 0.15) is 0 Å². The van der Waals surface area contributed by atoms with E-state index >= 15 is 0 Å². The molecule has 0 atom stereocenters. The summed E-state index contributed by atoms with van der Waals surface area (Å²) < 4.78 is 9.82. The molecule has 0 fully saturated rings. The molecular weight excluding hydrogens is 1070 g/mol. The Morgan fingerprint density at radius 2 is 0.693 bits per heavy atom. The highest BCUT2D eigenvalue weighted by Crippen LogP contribution is 2.48. The Morgan fingerprint density at radius 3 is 1.23 bits per heavy atom. The lowest BCUT2D eigenvalue weighted by molar-refractivity contribution is 1.07. The van der Waals surface area contributed by atoms with Crippen molar-refractivity contribution in [1.29, 1.82) is 0 Å². The zero-order chi connectivity index (χ0) is 57.8. The van der Waals surface area contributed by atoms with E-state index in [0.717, 1.165) is 111 Å². The number of rotatable bonds is 9. The summed E-state index contributed by atoms with van der Waals surface area (Å²) >= 11 is 0. The molecule has 8 nitrogen and oxygen atoms in total. The van der Waals surface area contributed by atoms with Gasteiger partial charge in [-0.15, -0.1) is 0 Å². The molecule has 0 saturated heterocycles. The zero-order valence-corrected chi connectivity index (χ0v) is 47.4. The van der Waals surface area contributed by atoms with Gasteiger partial charge in [-0.1, -0.05) is 194 Å². The Morgan fingerprint density at radius 1 is 0.239 bits per heavy atom. The molecule has 18 aromatic rings. The molecule has 0 aliphatic rings. The van der Waals surface area contributed by atoms with E-state index in [0.29, 0.717) is 17.5 Å². The van der Waals surface area contributed by atoms with Crippen LogP contribution in [0.25, 0.3) is 167 Å². The molecule has 0 amide bonds. The highest BCUT2D eigenvalue weighted by atomic mass is 15.1. The summed E-state index contributed by atoms with van der Waals surface area (Å²) in [5.41, 5.74) is 19.6. The van der Waals surface area contributed by atoms with Crippen LogP contribution in [0, 0.1) is 0 Å². The third-order valence-corrected chi connectivity index (χ3v) is 17.7. The van der Waals surface area contributed by atoms with Gasteiger partial charge in [-0.05, 0) is 109 Å². The molecule has 18 rings (SSSR count). The number of hydrogen-bond donors (Lipinski definition) is 0. The van der Waals surface area contributed by atoms with E-state index in [2.05, 4.69) is 273 Å². The first-order chi connectivity index (χ1) is 43.7. The predicted octanol–water partition coefficient (Wildman–Crippen LogP) is 20.0. The maximum absolute atomic E-state index is 5.48. The smallest absolute Gasteiger partial charge is 0.164 e. The van der Waals surface area contributed by atoms with E-state index in [9.17, 15) is 0 Å². The maximum Gasteiger partial charge on any atom is 0.164 e. The molecule has 0 aliphatic carbocycles. The van der Waals surface area contributed by atoms with Gasteiger partial charge >= 0.3 is 0 Å². The molecule has 8 heteroatoms. The molecular formula is C80H50N8. The van der Waals surface area contributed by atoms with Crippen LogP contribution in [-0.4, -0.2) is 38.2 Å². The van der Waals surface area contributed by atoms with Gasteiger partial charge in [-0.3, -0.25) is 4.98 Å².